The first-order valence-electron chi connectivity index (χ1n) is 14.8. The third-order valence-electron chi connectivity index (χ3n) is 8.77. The normalized spacial score (nSPS) is 17.7. The number of alkyl halides is 2. The van der Waals surface area contributed by atoms with E-state index in [0.717, 1.165) is 0 Å². The summed E-state index contributed by atoms with van der Waals surface area (Å²) in [5, 5.41) is 21.9. The number of aromatic nitrogens is 4. The van der Waals surface area contributed by atoms with Crippen LogP contribution in [0.25, 0.3) is 32.2 Å². The number of piperazine rings is 1. The summed E-state index contributed by atoms with van der Waals surface area (Å²) in [6.07, 6.45) is 1.29. The molecule has 47 heavy (non-hydrogen) atoms. The Labute approximate surface area is 275 Å². The molecule has 0 aliphatic carbocycles. The molecule has 6 heterocycles. The van der Waals surface area contributed by atoms with Gasteiger partial charge in [-0.05, 0) is 37.6 Å². The zero-order valence-corrected chi connectivity index (χ0v) is 26.4. The van der Waals surface area contributed by atoms with Crippen LogP contribution in [0, 0.1) is 18.3 Å². The predicted octanol–water partition coefficient (Wildman–Crippen LogP) is 5.21. The molecule has 1 aromatic carbocycles. The summed E-state index contributed by atoms with van der Waals surface area (Å²) < 4.78 is 34.4. The molecule has 1 N–H and O–H groups in total. The molecule has 2 fully saturated rings. The Morgan fingerprint density at radius 3 is 2.79 bits per heavy atom. The average molecular weight is 678 g/mol. The van der Waals surface area contributed by atoms with Gasteiger partial charge in [0.15, 0.2) is 0 Å². The number of rotatable bonds is 9. The molecule has 2 aliphatic rings. The Morgan fingerprint density at radius 1 is 1.23 bits per heavy atom. The van der Waals surface area contributed by atoms with Crippen LogP contribution in [0.4, 0.5) is 14.6 Å². The number of ether oxygens (including phenoxy) is 1. The highest BCUT2D eigenvalue weighted by molar-refractivity contribution is 7.18. The highest BCUT2D eigenvalue weighted by Gasteiger charge is 2.45. The van der Waals surface area contributed by atoms with E-state index in [1.807, 2.05) is 4.90 Å². The van der Waals surface area contributed by atoms with Crippen LogP contribution in [0.5, 0.6) is 5.75 Å². The zero-order valence-electron chi connectivity index (χ0n) is 24.9. The highest BCUT2D eigenvalue weighted by Crippen LogP contribution is 2.40. The molecule has 15 heteroatoms. The number of nitriles is 1. The molecule has 2 bridgehead atoms. The lowest BCUT2D eigenvalue weighted by atomic mass is 10.0. The standard InChI is InChI=1S/C32H26ClF2N7O4S/c1-16-39-24-11-38-30(42-13-18-9-19(42)12-40(18)14-26(34)35)22(10-36)27(24)31(43)41(16)6-7-46-25-3-2-17(33)8-21(25)20-4-5-37-28-23(32(44)45)15-47-29(20)28/h2-5,8,11,15,18-19,26H,6-7,9,12-14H2,1H3,(H,44,45). The Morgan fingerprint density at radius 2 is 2.06 bits per heavy atom. The minimum atomic E-state index is -2.42. The molecule has 240 valence electrons. The summed E-state index contributed by atoms with van der Waals surface area (Å²) in [5.74, 6) is 0.184. The van der Waals surface area contributed by atoms with Crippen LogP contribution >= 0.6 is 22.9 Å². The van der Waals surface area contributed by atoms with Crippen molar-refractivity contribution in [1.29, 1.82) is 5.26 Å². The van der Waals surface area contributed by atoms with Crippen molar-refractivity contribution in [3.8, 4) is 22.9 Å². The number of aryl methyl sites for hydroxylation is 1. The quantitative estimate of drug-likeness (QED) is 0.221. The van der Waals surface area contributed by atoms with Crippen molar-refractivity contribution in [1.82, 2.24) is 24.4 Å². The smallest absolute Gasteiger partial charge is 0.338 e. The molecule has 4 aromatic heterocycles. The number of halogens is 3. The molecule has 2 unspecified atom stereocenters. The summed E-state index contributed by atoms with van der Waals surface area (Å²) >= 11 is 7.61. The maximum atomic E-state index is 13.9. The van der Waals surface area contributed by atoms with Crippen molar-refractivity contribution < 1.29 is 23.4 Å². The van der Waals surface area contributed by atoms with E-state index < -0.39 is 18.0 Å². The molecule has 2 saturated heterocycles. The van der Waals surface area contributed by atoms with Crippen LogP contribution in [0.15, 0.2) is 46.8 Å². The van der Waals surface area contributed by atoms with Gasteiger partial charge in [0.1, 0.15) is 35.6 Å². The number of hydrogen-bond donors (Lipinski definition) is 1. The Bertz CT molecular complexity index is 2170. The van der Waals surface area contributed by atoms with Crippen LogP contribution < -0.4 is 15.2 Å². The maximum absolute atomic E-state index is 13.9. The second kappa shape index (κ2) is 12.1. The summed E-state index contributed by atoms with van der Waals surface area (Å²) in [5.41, 5.74) is 1.82. The van der Waals surface area contributed by atoms with Gasteiger partial charge in [0.2, 0.25) is 0 Å². The maximum Gasteiger partial charge on any atom is 0.338 e. The van der Waals surface area contributed by atoms with E-state index in [4.69, 9.17) is 16.3 Å². The lowest BCUT2D eigenvalue weighted by molar-refractivity contribution is 0.0699. The van der Waals surface area contributed by atoms with E-state index in [1.54, 1.807) is 41.5 Å². The van der Waals surface area contributed by atoms with Crippen molar-refractivity contribution >= 4 is 55.8 Å². The lowest BCUT2D eigenvalue weighted by Gasteiger charge is -2.35. The average Bonchev–Trinajstić information content (AvgIpc) is 3.77. The Balaban J connectivity index is 1.17. The molecule has 2 atom stereocenters. The number of hydrogen-bond acceptors (Lipinski definition) is 10. The van der Waals surface area contributed by atoms with Crippen molar-refractivity contribution in [3.05, 3.63) is 74.4 Å². The van der Waals surface area contributed by atoms with Gasteiger partial charge in [-0.15, -0.1) is 11.3 Å². The predicted molar refractivity (Wildman–Crippen MR) is 173 cm³/mol. The highest BCUT2D eigenvalue weighted by atomic mass is 35.5. The SMILES string of the molecule is Cc1nc2cnc(N3CC4CC3CN4CC(F)F)c(C#N)c2c(=O)n1CCOc1ccc(Cl)cc1-c1ccnc2c(C(=O)O)csc12. The first-order valence-corrected chi connectivity index (χ1v) is 16.0. The van der Waals surface area contributed by atoms with Gasteiger partial charge in [-0.3, -0.25) is 19.2 Å². The van der Waals surface area contributed by atoms with Gasteiger partial charge < -0.3 is 14.7 Å². The summed E-state index contributed by atoms with van der Waals surface area (Å²) in [6, 6.07) is 8.90. The van der Waals surface area contributed by atoms with Crippen LogP contribution in [-0.4, -0.2) is 80.2 Å². The van der Waals surface area contributed by atoms with Gasteiger partial charge >= 0.3 is 5.97 Å². The fraction of sp³-hybridized carbons (Fsp3) is 0.312. The molecule has 0 saturated carbocycles. The number of carboxylic acids is 1. The van der Waals surface area contributed by atoms with Crippen LogP contribution in [0.2, 0.25) is 5.02 Å². The van der Waals surface area contributed by atoms with Crippen LogP contribution in [-0.2, 0) is 6.54 Å². The van der Waals surface area contributed by atoms with E-state index in [1.165, 1.54) is 28.3 Å². The monoisotopic (exact) mass is 677 g/mol. The second-order valence-corrected chi connectivity index (χ2v) is 12.8. The number of carbonyl (C=O) groups is 1. The molecular formula is C32H26ClF2N7O4S. The van der Waals surface area contributed by atoms with Gasteiger partial charge in [-0.2, -0.15) is 5.26 Å². The van der Waals surface area contributed by atoms with Gasteiger partial charge in [-0.1, -0.05) is 11.6 Å². The molecule has 11 nitrogen and oxygen atoms in total. The number of likely N-dealkylation sites (tertiary alicyclic amines) is 1. The van der Waals surface area contributed by atoms with Crippen molar-refractivity contribution in [2.75, 3.05) is 31.1 Å². The molecule has 5 aromatic rings. The Kier molecular flexibility index (Phi) is 7.99. The van der Waals surface area contributed by atoms with Crippen molar-refractivity contribution in [2.24, 2.45) is 0 Å². The largest absolute Gasteiger partial charge is 0.491 e. The third-order valence-corrected chi connectivity index (χ3v) is 10.0. The number of carboxylic acid groups (broad SMARTS) is 1. The molecule has 0 radical (unpaired) electrons. The third kappa shape index (κ3) is 5.44. The minimum absolute atomic E-state index is 0.0666. The van der Waals surface area contributed by atoms with Crippen LogP contribution in [0.3, 0.4) is 0 Å². The second-order valence-electron chi connectivity index (χ2n) is 11.5. The van der Waals surface area contributed by atoms with E-state index in [-0.39, 0.29) is 48.3 Å². The summed E-state index contributed by atoms with van der Waals surface area (Å²) in [6.45, 7) is 2.47. The van der Waals surface area contributed by atoms with Gasteiger partial charge in [0.25, 0.3) is 12.0 Å². The summed E-state index contributed by atoms with van der Waals surface area (Å²) in [4.78, 5) is 42.7. The fourth-order valence-electron chi connectivity index (χ4n) is 6.69. The number of nitrogens with zero attached hydrogens (tertiary/aromatic N) is 7. The molecule has 0 amide bonds. The van der Waals surface area contributed by atoms with Gasteiger partial charge in [0.05, 0.1) is 46.0 Å². The number of benzene rings is 1. The first-order chi connectivity index (χ1) is 22.6. The van der Waals surface area contributed by atoms with Crippen molar-refractivity contribution in [3.63, 3.8) is 0 Å². The molecule has 0 spiro atoms. The van der Waals surface area contributed by atoms with E-state index in [0.29, 0.717) is 68.8 Å². The Hall–Kier alpha value is -4.71. The van der Waals surface area contributed by atoms with E-state index in [9.17, 15) is 28.7 Å². The zero-order chi connectivity index (χ0) is 33.0. The summed E-state index contributed by atoms with van der Waals surface area (Å²) in [7, 11) is 0. The number of thiophene rings is 1. The van der Waals surface area contributed by atoms with Crippen molar-refractivity contribution in [2.45, 2.75) is 38.4 Å². The minimum Gasteiger partial charge on any atom is -0.491 e. The number of fused-ring (bicyclic) bond motifs is 4. The number of aromatic carboxylic acids is 1. The number of anilines is 1. The van der Waals surface area contributed by atoms with Gasteiger partial charge in [-0.25, -0.2) is 23.5 Å². The number of pyridine rings is 2. The molecular weight excluding hydrogens is 652 g/mol. The topological polar surface area (TPSA) is 137 Å². The fourth-order valence-corrected chi connectivity index (χ4v) is 7.89. The van der Waals surface area contributed by atoms with E-state index in [2.05, 4.69) is 21.0 Å². The molecule has 2 aliphatic heterocycles. The van der Waals surface area contributed by atoms with Crippen LogP contribution in [0.1, 0.15) is 28.2 Å². The first kappa shape index (κ1) is 30.9. The van der Waals surface area contributed by atoms with E-state index >= 15 is 0 Å². The molecule has 7 rings (SSSR count). The lowest BCUT2D eigenvalue weighted by Crippen LogP contribution is -2.48. The van der Waals surface area contributed by atoms with Gasteiger partial charge in [0, 0.05) is 52.9 Å².